The van der Waals surface area contributed by atoms with Crippen LogP contribution in [0.5, 0.6) is 0 Å². The first kappa shape index (κ1) is 17.9. The average Bonchev–Trinajstić information content (AvgIpc) is 3.29. The number of aromatic nitrogens is 3. The van der Waals surface area contributed by atoms with Crippen molar-refractivity contribution in [1.82, 2.24) is 25.4 Å². The first-order valence-electron chi connectivity index (χ1n) is 9.24. The van der Waals surface area contributed by atoms with Gasteiger partial charge < -0.3 is 10.6 Å². The second-order valence-corrected chi connectivity index (χ2v) is 7.50. The number of aryl methyl sites for hydroxylation is 4. The van der Waals surface area contributed by atoms with Gasteiger partial charge in [-0.3, -0.25) is 9.67 Å². The molecule has 136 valence electrons. The highest BCUT2D eigenvalue weighted by Crippen LogP contribution is 2.27. The third-order valence-electron chi connectivity index (χ3n) is 4.39. The van der Waals surface area contributed by atoms with Crippen LogP contribution in [0.4, 0.5) is 0 Å². The van der Waals surface area contributed by atoms with Crippen molar-refractivity contribution in [3.05, 3.63) is 34.0 Å². The molecule has 2 aromatic rings. The summed E-state index contributed by atoms with van der Waals surface area (Å²) in [7, 11) is 1.82. The van der Waals surface area contributed by atoms with E-state index in [1.807, 2.05) is 41.5 Å². The maximum Gasteiger partial charge on any atom is 0.190 e. The molecule has 1 aliphatic carbocycles. The zero-order chi connectivity index (χ0) is 17.3. The number of guanidine groups is 1. The van der Waals surface area contributed by atoms with Crippen LogP contribution in [0.3, 0.4) is 0 Å². The van der Waals surface area contributed by atoms with Crippen LogP contribution in [0, 0.1) is 0 Å². The molecule has 0 aromatic carbocycles. The monoisotopic (exact) mass is 360 g/mol. The van der Waals surface area contributed by atoms with Crippen LogP contribution in [-0.2, 0) is 25.8 Å². The van der Waals surface area contributed by atoms with Crippen LogP contribution in [0.1, 0.15) is 41.3 Å². The molecule has 0 amide bonds. The van der Waals surface area contributed by atoms with Crippen LogP contribution in [0.25, 0.3) is 0 Å². The molecule has 2 heterocycles. The Morgan fingerprint density at radius 1 is 1.24 bits per heavy atom. The van der Waals surface area contributed by atoms with Crippen molar-refractivity contribution >= 4 is 17.3 Å². The van der Waals surface area contributed by atoms with Gasteiger partial charge in [-0.2, -0.15) is 5.10 Å². The second kappa shape index (κ2) is 9.56. The SMILES string of the molecule is CN=C(NCCCc1nc2c(s1)CCCC2)NCCCn1cccn1. The Hall–Kier alpha value is -1.89. The van der Waals surface area contributed by atoms with Crippen molar-refractivity contribution in [1.29, 1.82) is 0 Å². The van der Waals surface area contributed by atoms with Crippen LogP contribution in [0.2, 0.25) is 0 Å². The van der Waals surface area contributed by atoms with Gasteiger partial charge in [0, 0.05) is 50.4 Å². The minimum absolute atomic E-state index is 0.874. The van der Waals surface area contributed by atoms with E-state index in [0.717, 1.165) is 44.9 Å². The highest BCUT2D eigenvalue weighted by molar-refractivity contribution is 7.11. The Morgan fingerprint density at radius 2 is 2.08 bits per heavy atom. The molecule has 3 rings (SSSR count). The standard InChI is InChI=1S/C18H28N6S/c1-19-18(21-11-5-13-24-14-6-12-22-24)20-10-4-9-17-23-15-7-2-3-8-16(15)25-17/h6,12,14H,2-5,7-11,13H2,1H3,(H2,19,20,21). The normalized spacial score (nSPS) is 14.4. The quantitative estimate of drug-likeness (QED) is 0.431. The molecule has 0 atom stereocenters. The fourth-order valence-electron chi connectivity index (χ4n) is 3.06. The lowest BCUT2D eigenvalue weighted by Gasteiger charge is -2.11. The molecule has 0 fully saturated rings. The predicted octanol–water partition coefficient (Wildman–Crippen LogP) is 2.41. The Kier molecular flexibility index (Phi) is 6.85. The van der Waals surface area contributed by atoms with Crippen molar-refractivity contribution in [2.45, 2.75) is 51.5 Å². The summed E-state index contributed by atoms with van der Waals surface area (Å²) in [6.45, 7) is 2.73. The van der Waals surface area contributed by atoms with Gasteiger partial charge >= 0.3 is 0 Å². The van der Waals surface area contributed by atoms with E-state index in [-0.39, 0.29) is 0 Å². The molecule has 6 nitrogen and oxygen atoms in total. The maximum atomic E-state index is 4.81. The van der Waals surface area contributed by atoms with Gasteiger partial charge in [-0.15, -0.1) is 11.3 Å². The van der Waals surface area contributed by atoms with E-state index in [4.69, 9.17) is 4.98 Å². The second-order valence-electron chi connectivity index (χ2n) is 6.34. The van der Waals surface area contributed by atoms with E-state index in [2.05, 4.69) is 20.7 Å². The molecule has 7 heteroatoms. The van der Waals surface area contributed by atoms with Crippen molar-refractivity contribution in [2.75, 3.05) is 20.1 Å². The van der Waals surface area contributed by atoms with Crippen LogP contribution < -0.4 is 10.6 Å². The molecule has 0 radical (unpaired) electrons. The minimum Gasteiger partial charge on any atom is -0.356 e. The van der Waals surface area contributed by atoms with Crippen LogP contribution >= 0.6 is 11.3 Å². The largest absolute Gasteiger partial charge is 0.356 e. The van der Waals surface area contributed by atoms with Crippen molar-refractivity contribution in [3.8, 4) is 0 Å². The van der Waals surface area contributed by atoms with Crippen LogP contribution in [-0.4, -0.2) is 40.9 Å². The van der Waals surface area contributed by atoms with Gasteiger partial charge in [0.05, 0.1) is 10.7 Å². The number of rotatable bonds is 8. The van der Waals surface area contributed by atoms with E-state index < -0.39 is 0 Å². The topological polar surface area (TPSA) is 67.1 Å². The number of nitrogens with zero attached hydrogens (tertiary/aromatic N) is 4. The van der Waals surface area contributed by atoms with Crippen molar-refractivity contribution in [3.63, 3.8) is 0 Å². The van der Waals surface area contributed by atoms with Gasteiger partial charge in [0.15, 0.2) is 5.96 Å². The molecule has 0 aliphatic heterocycles. The van der Waals surface area contributed by atoms with Gasteiger partial charge in [-0.1, -0.05) is 0 Å². The Balaban J connectivity index is 1.29. The molecule has 1 aliphatic rings. The number of fused-ring (bicyclic) bond motifs is 1. The molecular weight excluding hydrogens is 332 g/mol. The average molecular weight is 361 g/mol. The first-order chi connectivity index (χ1) is 12.3. The zero-order valence-electron chi connectivity index (χ0n) is 15.0. The summed E-state index contributed by atoms with van der Waals surface area (Å²) in [6, 6.07) is 1.95. The zero-order valence-corrected chi connectivity index (χ0v) is 15.8. The maximum absolute atomic E-state index is 4.81. The summed E-state index contributed by atoms with van der Waals surface area (Å²) in [5, 5.41) is 12.2. The number of thiazole rings is 1. The summed E-state index contributed by atoms with van der Waals surface area (Å²) in [4.78, 5) is 10.6. The number of aliphatic imine (C=N–C) groups is 1. The molecule has 0 bridgehead atoms. The van der Waals surface area contributed by atoms with Crippen LogP contribution in [0.15, 0.2) is 23.5 Å². The third-order valence-corrected chi connectivity index (χ3v) is 5.61. The number of hydrogen-bond acceptors (Lipinski definition) is 4. The van der Waals surface area contributed by atoms with E-state index in [9.17, 15) is 0 Å². The van der Waals surface area contributed by atoms with E-state index >= 15 is 0 Å². The highest BCUT2D eigenvalue weighted by Gasteiger charge is 2.14. The van der Waals surface area contributed by atoms with E-state index in [1.165, 1.54) is 41.3 Å². The van der Waals surface area contributed by atoms with Crippen molar-refractivity contribution < 1.29 is 0 Å². The molecule has 2 N–H and O–H groups in total. The summed E-state index contributed by atoms with van der Waals surface area (Å²) in [5.74, 6) is 0.874. The fraction of sp³-hybridized carbons (Fsp3) is 0.611. The molecule has 0 spiro atoms. The molecule has 0 saturated heterocycles. The Labute approximate surface area is 153 Å². The lowest BCUT2D eigenvalue weighted by atomic mass is 10.0. The van der Waals surface area contributed by atoms with Gasteiger partial charge in [-0.05, 0) is 44.6 Å². The highest BCUT2D eigenvalue weighted by atomic mass is 32.1. The molecular formula is C18H28N6S. The molecule has 25 heavy (non-hydrogen) atoms. The summed E-state index contributed by atoms with van der Waals surface area (Å²) >= 11 is 1.92. The lowest BCUT2D eigenvalue weighted by Crippen LogP contribution is -2.38. The smallest absolute Gasteiger partial charge is 0.190 e. The molecule has 0 saturated carbocycles. The van der Waals surface area contributed by atoms with Gasteiger partial charge in [-0.25, -0.2) is 4.98 Å². The van der Waals surface area contributed by atoms with Gasteiger partial charge in [0.1, 0.15) is 0 Å². The minimum atomic E-state index is 0.874. The van der Waals surface area contributed by atoms with Gasteiger partial charge in [0.2, 0.25) is 0 Å². The summed E-state index contributed by atoms with van der Waals surface area (Å²) in [5.41, 5.74) is 1.37. The van der Waals surface area contributed by atoms with E-state index in [1.54, 1.807) is 0 Å². The number of nitrogens with one attached hydrogen (secondary N) is 2. The Bertz CT molecular complexity index is 638. The fourth-order valence-corrected chi connectivity index (χ4v) is 4.26. The van der Waals surface area contributed by atoms with Crippen molar-refractivity contribution in [2.24, 2.45) is 4.99 Å². The third kappa shape index (κ3) is 5.56. The first-order valence-corrected chi connectivity index (χ1v) is 10.1. The summed E-state index contributed by atoms with van der Waals surface area (Å²) in [6.07, 6.45) is 12.0. The lowest BCUT2D eigenvalue weighted by molar-refractivity contribution is 0.570. The number of hydrogen-bond donors (Lipinski definition) is 2. The molecule has 0 unspecified atom stereocenters. The predicted molar refractivity (Wildman–Crippen MR) is 103 cm³/mol. The molecule has 2 aromatic heterocycles. The van der Waals surface area contributed by atoms with Gasteiger partial charge in [0.25, 0.3) is 0 Å². The Morgan fingerprint density at radius 3 is 2.84 bits per heavy atom. The van der Waals surface area contributed by atoms with E-state index in [0.29, 0.717) is 0 Å². The summed E-state index contributed by atoms with van der Waals surface area (Å²) < 4.78 is 1.95.